The summed E-state index contributed by atoms with van der Waals surface area (Å²) in [6, 6.07) is 0. The summed E-state index contributed by atoms with van der Waals surface area (Å²) in [6.07, 6.45) is 4.83. The largest absolute Gasteiger partial charge is 0.300 e. The quantitative estimate of drug-likeness (QED) is 0.638. The minimum Gasteiger partial charge on any atom is -0.300 e. The summed E-state index contributed by atoms with van der Waals surface area (Å²) in [5.41, 5.74) is 1.42. The molecule has 0 fully saturated rings. The molecule has 3 heteroatoms. The fourth-order valence-electron chi connectivity index (χ4n) is 1.24. The molecule has 0 atom stereocenters. The van der Waals surface area contributed by atoms with Gasteiger partial charge in [0.1, 0.15) is 0 Å². The molecule has 0 radical (unpaired) electrons. The van der Waals surface area contributed by atoms with Gasteiger partial charge in [-0.2, -0.15) is 0 Å². The van der Waals surface area contributed by atoms with Crippen LogP contribution in [0.25, 0.3) is 0 Å². The standard InChI is InChI=1S/C11H23N.2ClH/c1-5-8-12(9-6-2)10-7-11(3)4;;/h7H,5-6,8-10H2,1-4H3;2*1H. The van der Waals surface area contributed by atoms with Crippen LogP contribution in [0.2, 0.25) is 0 Å². The van der Waals surface area contributed by atoms with E-state index in [1.807, 2.05) is 0 Å². The third-order valence-corrected chi connectivity index (χ3v) is 1.84. The molecule has 0 aromatic rings. The van der Waals surface area contributed by atoms with Gasteiger partial charge in [0.2, 0.25) is 0 Å². The van der Waals surface area contributed by atoms with Crippen molar-refractivity contribution in [2.45, 2.75) is 40.5 Å². The lowest BCUT2D eigenvalue weighted by atomic mass is 10.3. The van der Waals surface area contributed by atoms with Gasteiger partial charge in [-0.3, -0.25) is 4.90 Å². The molecule has 0 unspecified atom stereocenters. The van der Waals surface area contributed by atoms with Gasteiger partial charge in [0.05, 0.1) is 0 Å². The Hall–Kier alpha value is 0.280. The van der Waals surface area contributed by atoms with Crippen LogP contribution in [0.15, 0.2) is 11.6 Å². The summed E-state index contributed by atoms with van der Waals surface area (Å²) in [5, 5.41) is 0. The zero-order chi connectivity index (χ0) is 9.40. The van der Waals surface area contributed by atoms with E-state index in [2.05, 4.69) is 38.7 Å². The van der Waals surface area contributed by atoms with E-state index in [9.17, 15) is 0 Å². The molecule has 0 amide bonds. The Kier molecular flexibility index (Phi) is 18.8. The topological polar surface area (TPSA) is 3.24 Å². The van der Waals surface area contributed by atoms with Crippen molar-refractivity contribution in [3.8, 4) is 0 Å². The first kappa shape index (κ1) is 19.8. The number of hydrogen-bond acceptors (Lipinski definition) is 1. The van der Waals surface area contributed by atoms with Crippen LogP contribution in [0.1, 0.15) is 40.5 Å². The molecule has 0 aromatic carbocycles. The van der Waals surface area contributed by atoms with Crippen LogP contribution >= 0.6 is 24.8 Å². The second kappa shape index (κ2) is 13.3. The molecule has 1 nitrogen and oxygen atoms in total. The van der Waals surface area contributed by atoms with Gasteiger partial charge in [-0.05, 0) is 39.8 Å². The third-order valence-electron chi connectivity index (χ3n) is 1.84. The van der Waals surface area contributed by atoms with Gasteiger partial charge in [-0.15, -0.1) is 24.8 Å². The molecular formula is C11H25Cl2N. The number of nitrogens with zero attached hydrogens (tertiary/aromatic N) is 1. The van der Waals surface area contributed by atoms with Gasteiger partial charge in [-0.1, -0.05) is 25.5 Å². The van der Waals surface area contributed by atoms with Crippen LogP contribution in [0.3, 0.4) is 0 Å². The van der Waals surface area contributed by atoms with E-state index in [0.717, 1.165) is 6.54 Å². The lowest BCUT2D eigenvalue weighted by molar-refractivity contribution is 0.303. The van der Waals surface area contributed by atoms with Crippen LogP contribution in [-0.4, -0.2) is 24.5 Å². The van der Waals surface area contributed by atoms with Crippen molar-refractivity contribution in [1.29, 1.82) is 0 Å². The van der Waals surface area contributed by atoms with Gasteiger partial charge in [0.25, 0.3) is 0 Å². The Morgan fingerprint density at radius 2 is 1.43 bits per heavy atom. The first-order chi connectivity index (χ1) is 5.70. The van der Waals surface area contributed by atoms with Crippen LogP contribution in [0.4, 0.5) is 0 Å². The Morgan fingerprint density at radius 1 is 1.00 bits per heavy atom. The number of halogens is 2. The van der Waals surface area contributed by atoms with E-state index in [1.165, 1.54) is 31.5 Å². The molecule has 0 N–H and O–H groups in total. The maximum atomic E-state index is 2.51. The highest BCUT2D eigenvalue weighted by Crippen LogP contribution is 1.96. The number of hydrogen-bond donors (Lipinski definition) is 0. The molecular weight excluding hydrogens is 217 g/mol. The predicted octanol–water partition coefficient (Wildman–Crippen LogP) is 3.92. The Labute approximate surface area is 102 Å². The maximum Gasteiger partial charge on any atom is 0.0165 e. The average molecular weight is 242 g/mol. The Bertz CT molecular complexity index is 125. The van der Waals surface area contributed by atoms with Gasteiger partial charge in [0, 0.05) is 6.54 Å². The fourth-order valence-corrected chi connectivity index (χ4v) is 1.24. The van der Waals surface area contributed by atoms with Gasteiger partial charge in [-0.25, -0.2) is 0 Å². The minimum atomic E-state index is 0. The first-order valence-corrected chi connectivity index (χ1v) is 5.06. The summed E-state index contributed by atoms with van der Waals surface area (Å²) in [7, 11) is 0. The molecule has 0 rings (SSSR count). The molecule has 0 heterocycles. The molecule has 0 aliphatic heterocycles. The molecule has 0 bridgehead atoms. The minimum absolute atomic E-state index is 0. The van der Waals surface area contributed by atoms with Gasteiger partial charge < -0.3 is 0 Å². The van der Waals surface area contributed by atoms with Crippen molar-refractivity contribution in [2.75, 3.05) is 19.6 Å². The molecule has 0 saturated carbocycles. The molecule has 0 aliphatic rings. The zero-order valence-electron chi connectivity index (χ0n) is 9.88. The summed E-state index contributed by atoms with van der Waals surface area (Å²) in [4.78, 5) is 2.51. The molecule has 88 valence electrons. The van der Waals surface area contributed by atoms with Crippen molar-refractivity contribution in [2.24, 2.45) is 0 Å². The highest BCUT2D eigenvalue weighted by molar-refractivity contribution is 5.85. The highest BCUT2D eigenvalue weighted by atomic mass is 35.5. The average Bonchev–Trinajstić information content (AvgIpc) is 2.01. The van der Waals surface area contributed by atoms with E-state index < -0.39 is 0 Å². The maximum absolute atomic E-state index is 2.51. The van der Waals surface area contributed by atoms with Gasteiger partial charge >= 0.3 is 0 Å². The number of rotatable bonds is 6. The van der Waals surface area contributed by atoms with Crippen LogP contribution < -0.4 is 0 Å². The Morgan fingerprint density at radius 3 is 1.71 bits per heavy atom. The van der Waals surface area contributed by atoms with Crippen LogP contribution in [0, 0.1) is 0 Å². The molecule has 0 saturated heterocycles. The van der Waals surface area contributed by atoms with E-state index in [0.29, 0.717) is 0 Å². The normalized spacial score (nSPS) is 8.93. The van der Waals surface area contributed by atoms with Crippen molar-refractivity contribution in [3.63, 3.8) is 0 Å². The monoisotopic (exact) mass is 241 g/mol. The second-order valence-electron chi connectivity index (χ2n) is 3.58. The summed E-state index contributed by atoms with van der Waals surface area (Å²) in [6.45, 7) is 12.4. The van der Waals surface area contributed by atoms with Crippen molar-refractivity contribution in [3.05, 3.63) is 11.6 Å². The molecule has 0 aliphatic carbocycles. The van der Waals surface area contributed by atoms with E-state index >= 15 is 0 Å². The van der Waals surface area contributed by atoms with Crippen molar-refractivity contribution >= 4 is 24.8 Å². The summed E-state index contributed by atoms with van der Waals surface area (Å²) >= 11 is 0. The zero-order valence-corrected chi connectivity index (χ0v) is 11.5. The highest BCUT2D eigenvalue weighted by Gasteiger charge is 1.98. The van der Waals surface area contributed by atoms with Crippen molar-refractivity contribution in [1.82, 2.24) is 4.90 Å². The predicted molar refractivity (Wildman–Crippen MR) is 70.9 cm³/mol. The Balaban J connectivity index is -0.000000605. The van der Waals surface area contributed by atoms with Crippen LogP contribution in [-0.2, 0) is 0 Å². The first-order valence-electron chi connectivity index (χ1n) is 5.06. The number of allylic oxidation sites excluding steroid dienone is 1. The molecule has 14 heavy (non-hydrogen) atoms. The summed E-state index contributed by atoms with van der Waals surface area (Å²) in [5.74, 6) is 0. The van der Waals surface area contributed by atoms with E-state index in [4.69, 9.17) is 0 Å². The van der Waals surface area contributed by atoms with E-state index in [-0.39, 0.29) is 24.8 Å². The summed E-state index contributed by atoms with van der Waals surface area (Å²) < 4.78 is 0. The second-order valence-corrected chi connectivity index (χ2v) is 3.58. The van der Waals surface area contributed by atoms with Crippen molar-refractivity contribution < 1.29 is 0 Å². The smallest absolute Gasteiger partial charge is 0.0165 e. The van der Waals surface area contributed by atoms with Crippen LogP contribution in [0.5, 0.6) is 0 Å². The SMILES string of the molecule is CCCN(CC=C(C)C)CCC.Cl.Cl. The third kappa shape index (κ3) is 12.3. The lowest BCUT2D eigenvalue weighted by Crippen LogP contribution is -2.25. The van der Waals surface area contributed by atoms with E-state index in [1.54, 1.807) is 0 Å². The lowest BCUT2D eigenvalue weighted by Gasteiger charge is -2.18. The fraction of sp³-hybridized carbons (Fsp3) is 0.818. The molecule has 0 aromatic heterocycles. The molecule has 0 spiro atoms. The van der Waals surface area contributed by atoms with Gasteiger partial charge in [0.15, 0.2) is 0 Å².